The summed E-state index contributed by atoms with van der Waals surface area (Å²) in [5.74, 6) is 0.520. The highest BCUT2D eigenvalue weighted by Crippen LogP contribution is 2.29. The van der Waals surface area contributed by atoms with Crippen molar-refractivity contribution in [2.75, 3.05) is 32.8 Å². The van der Waals surface area contributed by atoms with Crippen molar-refractivity contribution in [3.8, 4) is 11.3 Å². The molecule has 0 spiro atoms. The number of likely N-dealkylation sites (tertiary alicyclic amines) is 1. The Labute approximate surface area is 191 Å². The first-order chi connectivity index (χ1) is 15.7. The molecule has 32 heavy (non-hydrogen) atoms. The third-order valence-corrected chi connectivity index (χ3v) is 7.72. The molecule has 0 bridgehead atoms. The number of hydrogen-bond donors (Lipinski definition) is 1. The van der Waals surface area contributed by atoms with E-state index in [1.165, 1.54) is 64.1 Å². The minimum atomic E-state index is -0.215. The third-order valence-electron chi connectivity index (χ3n) is 7.72. The highest BCUT2D eigenvalue weighted by atomic mass is 19.1. The van der Waals surface area contributed by atoms with E-state index in [4.69, 9.17) is 4.74 Å². The van der Waals surface area contributed by atoms with Crippen LogP contribution in [-0.2, 0) is 11.3 Å². The topological polar surface area (TPSA) is 44.4 Å². The van der Waals surface area contributed by atoms with E-state index in [9.17, 15) is 4.39 Å². The van der Waals surface area contributed by atoms with E-state index in [0.29, 0.717) is 6.10 Å². The Morgan fingerprint density at radius 2 is 1.91 bits per heavy atom. The van der Waals surface area contributed by atoms with Gasteiger partial charge in [0.15, 0.2) is 0 Å². The summed E-state index contributed by atoms with van der Waals surface area (Å²) in [5, 5.41) is 7.41. The second-order valence-corrected chi connectivity index (χ2v) is 10.0. The molecular weight excluding hydrogens is 403 g/mol. The maximum absolute atomic E-state index is 13.8. The number of H-pyrrole nitrogens is 1. The average molecular weight is 441 g/mol. The number of piperidine rings is 1. The number of rotatable bonds is 8. The maximum atomic E-state index is 13.8. The summed E-state index contributed by atoms with van der Waals surface area (Å²) in [4.78, 5) is 5.32. The van der Waals surface area contributed by atoms with Crippen molar-refractivity contribution in [1.29, 1.82) is 0 Å². The van der Waals surface area contributed by atoms with Crippen LogP contribution in [0.4, 0.5) is 4.39 Å². The summed E-state index contributed by atoms with van der Waals surface area (Å²) in [7, 11) is 0. The predicted molar refractivity (Wildman–Crippen MR) is 125 cm³/mol. The lowest BCUT2D eigenvalue weighted by Crippen LogP contribution is -2.43. The second kappa shape index (κ2) is 10.4. The number of nitrogens with one attached hydrogen (secondary N) is 1. The fourth-order valence-corrected chi connectivity index (χ4v) is 5.98. The summed E-state index contributed by atoms with van der Waals surface area (Å²) >= 11 is 0. The van der Waals surface area contributed by atoms with Gasteiger partial charge < -0.3 is 9.64 Å². The largest absolute Gasteiger partial charge is 0.377 e. The van der Waals surface area contributed by atoms with Gasteiger partial charge in [0.05, 0.1) is 18.0 Å². The molecule has 5 rings (SSSR count). The van der Waals surface area contributed by atoms with Gasteiger partial charge in [0.25, 0.3) is 0 Å². The molecule has 2 saturated heterocycles. The molecule has 2 aromatic rings. The van der Waals surface area contributed by atoms with Gasteiger partial charge in [0, 0.05) is 43.4 Å². The Morgan fingerprint density at radius 3 is 2.66 bits per heavy atom. The van der Waals surface area contributed by atoms with Gasteiger partial charge in [0.1, 0.15) is 5.82 Å². The molecule has 1 aliphatic carbocycles. The zero-order valence-corrected chi connectivity index (χ0v) is 19.1. The molecule has 1 aromatic heterocycles. The molecule has 6 heteroatoms. The molecular formula is C26H37FN4O. The standard InChI is InChI=1S/C26H37FN4O/c27-23-6-3-5-21(15-23)26-22(16-28-29-26)18-30(19-25-9-4-14-32-25)17-20-10-12-31(13-11-20)24-7-1-2-8-24/h3,5-6,15-16,20,24-25H,1-2,4,7-14,17-19H2,(H,28,29). The smallest absolute Gasteiger partial charge is 0.123 e. The van der Waals surface area contributed by atoms with Crippen molar-refractivity contribution >= 4 is 0 Å². The molecule has 1 unspecified atom stereocenters. The van der Waals surface area contributed by atoms with Gasteiger partial charge in [-0.1, -0.05) is 25.0 Å². The Morgan fingerprint density at radius 1 is 1.06 bits per heavy atom. The van der Waals surface area contributed by atoms with E-state index in [2.05, 4.69) is 20.0 Å². The number of halogens is 1. The molecule has 0 radical (unpaired) electrons. The Bertz CT molecular complexity index is 851. The quantitative estimate of drug-likeness (QED) is 0.637. The number of benzene rings is 1. The molecule has 1 saturated carbocycles. The summed E-state index contributed by atoms with van der Waals surface area (Å²) in [6.07, 6.45) is 12.8. The van der Waals surface area contributed by atoms with E-state index in [0.717, 1.165) is 61.4 Å². The van der Waals surface area contributed by atoms with Crippen molar-refractivity contribution in [3.63, 3.8) is 0 Å². The van der Waals surface area contributed by atoms with Crippen LogP contribution in [-0.4, -0.2) is 64.9 Å². The van der Waals surface area contributed by atoms with Crippen molar-refractivity contribution in [1.82, 2.24) is 20.0 Å². The number of ether oxygens (including phenoxy) is 1. The number of hydrogen-bond acceptors (Lipinski definition) is 4. The van der Waals surface area contributed by atoms with Crippen molar-refractivity contribution in [2.24, 2.45) is 5.92 Å². The SMILES string of the molecule is Fc1cccc(-c2[nH]ncc2CN(CC2CCN(C3CCCC3)CC2)CC2CCCO2)c1. The first-order valence-electron chi connectivity index (χ1n) is 12.6. The van der Waals surface area contributed by atoms with E-state index in [-0.39, 0.29) is 5.82 Å². The van der Waals surface area contributed by atoms with Crippen LogP contribution in [0.2, 0.25) is 0 Å². The van der Waals surface area contributed by atoms with Crippen molar-refractivity contribution < 1.29 is 9.13 Å². The summed E-state index contributed by atoms with van der Waals surface area (Å²) < 4.78 is 19.8. The highest BCUT2D eigenvalue weighted by Gasteiger charge is 2.29. The number of aromatic amines is 1. The predicted octanol–water partition coefficient (Wildman–Crippen LogP) is 4.85. The first kappa shape index (κ1) is 22.1. The molecule has 1 N–H and O–H groups in total. The Balaban J connectivity index is 1.24. The van der Waals surface area contributed by atoms with Crippen LogP contribution < -0.4 is 0 Å². The number of aromatic nitrogens is 2. The van der Waals surface area contributed by atoms with Gasteiger partial charge in [-0.15, -0.1) is 0 Å². The lowest BCUT2D eigenvalue weighted by atomic mass is 9.94. The van der Waals surface area contributed by atoms with Gasteiger partial charge in [0.2, 0.25) is 0 Å². The number of nitrogens with zero attached hydrogens (tertiary/aromatic N) is 3. The van der Waals surface area contributed by atoms with Crippen LogP contribution in [0, 0.1) is 11.7 Å². The highest BCUT2D eigenvalue weighted by molar-refractivity contribution is 5.62. The summed E-state index contributed by atoms with van der Waals surface area (Å²) in [6.45, 7) is 6.29. The van der Waals surface area contributed by atoms with Gasteiger partial charge >= 0.3 is 0 Å². The van der Waals surface area contributed by atoms with Crippen LogP contribution in [0.3, 0.4) is 0 Å². The normalized spacial score (nSPS) is 23.5. The lowest BCUT2D eigenvalue weighted by molar-refractivity contribution is 0.0540. The van der Waals surface area contributed by atoms with Gasteiger partial charge in [-0.3, -0.25) is 10.00 Å². The van der Waals surface area contributed by atoms with Crippen molar-refractivity contribution in [3.05, 3.63) is 41.8 Å². The zero-order chi connectivity index (χ0) is 21.8. The van der Waals surface area contributed by atoms with Gasteiger partial charge in [-0.25, -0.2) is 4.39 Å². The minimum absolute atomic E-state index is 0.215. The summed E-state index contributed by atoms with van der Waals surface area (Å²) in [5.41, 5.74) is 2.93. The lowest BCUT2D eigenvalue weighted by Gasteiger charge is -2.38. The summed E-state index contributed by atoms with van der Waals surface area (Å²) in [6, 6.07) is 7.63. The second-order valence-electron chi connectivity index (χ2n) is 10.0. The van der Waals surface area contributed by atoms with Crippen LogP contribution in [0.5, 0.6) is 0 Å². The Hall–Kier alpha value is -1.76. The Kier molecular flexibility index (Phi) is 7.20. The molecule has 5 nitrogen and oxygen atoms in total. The van der Waals surface area contributed by atoms with E-state index in [1.807, 2.05) is 12.3 Å². The molecule has 1 aromatic carbocycles. The van der Waals surface area contributed by atoms with E-state index < -0.39 is 0 Å². The fourth-order valence-electron chi connectivity index (χ4n) is 5.98. The fraction of sp³-hybridized carbons (Fsp3) is 0.654. The molecule has 3 aliphatic rings. The van der Waals surface area contributed by atoms with E-state index >= 15 is 0 Å². The zero-order valence-electron chi connectivity index (χ0n) is 19.1. The molecule has 3 fully saturated rings. The molecule has 2 aliphatic heterocycles. The van der Waals surface area contributed by atoms with Gasteiger partial charge in [-0.05, 0) is 69.7 Å². The van der Waals surface area contributed by atoms with Crippen LogP contribution >= 0.6 is 0 Å². The van der Waals surface area contributed by atoms with E-state index in [1.54, 1.807) is 12.1 Å². The molecule has 0 amide bonds. The molecule has 3 heterocycles. The molecule has 174 valence electrons. The monoisotopic (exact) mass is 440 g/mol. The van der Waals surface area contributed by atoms with Gasteiger partial charge in [-0.2, -0.15) is 5.10 Å². The van der Waals surface area contributed by atoms with Crippen LogP contribution in [0.25, 0.3) is 11.3 Å². The average Bonchev–Trinajstić information content (AvgIpc) is 3.58. The van der Waals surface area contributed by atoms with Crippen LogP contribution in [0.1, 0.15) is 56.9 Å². The maximum Gasteiger partial charge on any atom is 0.123 e. The molecule has 1 atom stereocenters. The minimum Gasteiger partial charge on any atom is -0.377 e. The van der Waals surface area contributed by atoms with Crippen molar-refractivity contribution in [2.45, 2.75) is 70.1 Å². The first-order valence-corrected chi connectivity index (χ1v) is 12.6. The van der Waals surface area contributed by atoms with Crippen LogP contribution in [0.15, 0.2) is 30.5 Å². The third kappa shape index (κ3) is 5.41.